The molecule has 0 amide bonds. The van der Waals surface area contributed by atoms with Crippen LogP contribution in [-0.2, 0) is 0 Å². The van der Waals surface area contributed by atoms with Crippen LogP contribution >= 0.6 is 0 Å². The van der Waals surface area contributed by atoms with E-state index in [0.717, 1.165) is 18.5 Å². The quantitative estimate of drug-likeness (QED) is 0.798. The molecule has 2 rings (SSSR count). The first kappa shape index (κ1) is 13.3. The van der Waals surface area contributed by atoms with Crippen LogP contribution in [0.5, 0.6) is 5.75 Å². The summed E-state index contributed by atoms with van der Waals surface area (Å²) in [4.78, 5) is 0. The lowest BCUT2D eigenvalue weighted by molar-refractivity contribution is 0.285. The Morgan fingerprint density at radius 3 is 2.83 bits per heavy atom. The molecule has 1 aliphatic carbocycles. The highest BCUT2D eigenvalue weighted by atomic mass is 19.1. The predicted octanol–water partition coefficient (Wildman–Crippen LogP) is 3.68. The topological polar surface area (TPSA) is 21.3 Å². The van der Waals surface area contributed by atoms with Gasteiger partial charge in [-0.25, -0.2) is 4.39 Å². The molecular weight excluding hydrogens is 229 g/mol. The highest BCUT2D eigenvalue weighted by Crippen LogP contribution is 2.30. The van der Waals surface area contributed by atoms with Crippen molar-refractivity contribution in [1.29, 1.82) is 0 Å². The monoisotopic (exact) mass is 251 g/mol. The standard InChI is InChI=1S/C15H22FNO/c1-3-8-17-11(2)13-6-7-15(14(16)9-13)18-10-12-4-5-12/h6-7,9,11-12,17H,3-5,8,10H2,1-2H3. The first-order valence-electron chi connectivity index (χ1n) is 6.86. The summed E-state index contributed by atoms with van der Waals surface area (Å²) in [6.07, 6.45) is 3.52. The average Bonchev–Trinajstić information content (AvgIpc) is 3.18. The van der Waals surface area contributed by atoms with Crippen LogP contribution in [0, 0.1) is 11.7 Å². The molecule has 100 valence electrons. The number of halogens is 1. The molecule has 0 aromatic heterocycles. The number of hydrogen-bond donors (Lipinski definition) is 1. The molecule has 0 spiro atoms. The summed E-state index contributed by atoms with van der Waals surface area (Å²) in [7, 11) is 0. The lowest BCUT2D eigenvalue weighted by Crippen LogP contribution is -2.19. The van der Waals surface area contributed by atoms with Crippen LogP contribution in [0.2, 0.25) is 0 Å². The van der Waals surface area contributed by atoms with E-state index in [1.165, 1.54) is 12.8 Å². The van der Waals surface area contributed by atoms with Gasteiger partial charge < -0.3 is 10.1 Å². The van der Waals surface area contributed by atoms with Gasteiger partial charge in [0.05, 0.1) is 6.61 Å². The summed E-state index contributed by atoms with van der Waals surface area (Å²) < 4.78 is 19.3. The molecule has 18 heavy (non-hydrogen) atoms. The molecule has 0 saturated heterocycles. The Hall–Kier alpha value is -1.09. The van der Waals surface area contributed by atoms with Gasteiger partial charge in [-0.2, -0.15) is 0 Å². The lowest BCUT2D eigenvalue weighted by atomic mass is 10.1. The molecule has 0 heterocycles. The number of hydrogen-bond acceptors (Lipinski definition) is 2. The summed E-state index contributed by atoms with van der Waals surface area (Å²) >= 11 is 0. The van der Waals surface area contributed by atoms with E-state index in [4.69, 9.17) is 4.74 Å². The van der Waals surface area contributed by atoms with Crippen molar-refractivity contribution in [2.24, 2.45) is 5.92 Å². The van der Waals surface area contributed by atoms with Crippen LogP contribution in [0.3, 0.4) is 0 Å². The van der Waals surface area contributed by atoms with E-state index in [1.807, 2.05) is 6.07 Å². The second-order valence-corrected chi connectivity index (χ2v) is 5.12. The van der Waals surface area contributed by atoms with E-state index in [9.17, 15) is 4.39 Å². The summed E-state index contributed by atoms with van der Waals surface area (Å²) in [5, 5.41) is 3.35. The minimum absolute atomic E-state index is 0.178. The van der Waals surface area contributed by atoms with Gasteiger partial charge in [-0.15, -0.1) is 0 Å². The second-order valence-electron chi connectivity index (χ2n) is 5.12. The highest BCUT2D eigenvalue weighted by Gasteiger charge is 2.22. The van der Waals surface area contributed by atoms with Gasteiger partial charge in [-0.3, -0.25) is 0 Å². The zero-order valence-corrected chi connectivity index (χ0v) is 11.2. The summed E-state index contributed by atoms with van der Waals surface area (Å²) in [5.41, 5.74) is 0.972. The Kier molecular flexibility index (Phi) is 4.59. The first-order valence-corrected chi connectivity index (χ1v) is 6.86. The Morgan fingerprint density at radius 1 is 1.44 bits per heavy atom. The van der Waals surface area contributed by atoms with Gasteiger partial charge in [0.25, 0.3) is 0 Å². The average molecular weight is 251 g/mol. The molecule has 1 unspecified atom stereocenters. The Morgan fingerprint density at radius 2 is 2.22 bits per heavy atom. The lowest BCUT2D eigenvalue weighted by Gasteiger charge is -2.15. The van der Waals surface area contributed by atoms with Crippen molar-refractivity contribution >= 4 is 0 Å². The van der Waals surface area contributed by atoms with Crippen molar-refractivity contribution in [3.63, 3.8) is 0 Å². The molecule has 1 N–H and O–H groups in total. The maximum absolute atomic E-state index is 13.9. The molecule has 1 aliphatic rings. The molecule has 1 aromatic rings. The smallest absolute Gasteiger partial charge is 0.165 e. The van der Waals surface area contributed by atoms with E-state index < -0.39 is 0 Å². The molecule has 1 aromatic carbocycles. The number of ether oxygens (including phenoxy) is 1. The summed E-state index contributed by atoms with van der Waals surface area (Å²) in [6, 6.07) is 5.45. The Labute approximate surface area is 109 Å². The van der Waals surface area contributed by atoms with Gasteiger partial charge in [-0.05, 0) is 56.3 Å². The van der Waals surface area contributed by atoms with Crippen molar-refractivity contribution in [2.45, 2.75) is 39.2 Å². The minimum atomic E-state index is -0.252. The third-order valence-corrected chi connectivity index (χ3v) is 3.33. The molecular formula is C15H22FNO. The first-order chi connectivity index (χ1) is 8.70. The van der Waals surface area contributed by atoms with Crippen LogP contribution < -0.4 is 10.1 Å². The molecule has 0 radical (unpaired) electrons. The van der Waals surface area contributed by atoms with E-state index in [2.05, 4.69) is 19.2 Å². The maximum Gasteiger partial charge on any atom is 0.165 e. The fourth-order valence-corrected chi connectivity index (χ4v) is 1.87. The predicted molar refractivity (Wildman–Crippen MR) is 71.3 cm³/mol. The van der Waals surface area contributed by atoms with Gasteiger partial charge in [0.1, 0.15) is 0 Å². The molecule has 1 fully saturated rings. The summed E-state index contributed by atoms with van der Waals surface area (Å²) in [5.74, 6) is 0.779. The van der Waals surface area contributed by atoms with E-state index in [0.29, 0.717) is 18.3 Å². The van der Waals surface area contributed by atoms with Gasteiger partial charge in [-0.1, -0.05) is 13.0 Å². The summed E-state index contributed by atoms with van der Waals surface area (Å²) in [6.45, 7) is 5.77. The normalized spacial score (nSPS) is 16.6. The molecule has 3 heteroatoms. The molecule has 1 atom stereocenters. The van der Waals surface area contributed by atoms with Gasteiger partial charge in [0.15, 0.2) is 11.6 Å². The van der Waals surface area contributed by atoms with E-state index >= 15 is 0 Å². The Balaban J connectivity index is 1.94. The number of benzene rings is 1. The van der Waals surface area contributed by atoms with Crippen molar-refractivity contribution in [3.8, 4) is 5.75 Å². The number of rotatable bonds is 7. The SMILES string of the molecule is CCCNC(C)c1ccc(OCC2CC2)c(F)c1. The second kappa shape index (κ2) is 6.19. The van der Waals surface area contributed by atoms with E-state index in [-0.39, 0.29) is 11.9 Å². The fraction of sp³-hybridized carbons (Fsp3) is 0.600. The fourth-order valence-electron chi connectivity index (χ4n) is 1.87. The largest absolute Gasteiger partial charge is 0.490 e. The third kappa shape index (κ3) is 3.70. The van der Waals surface area contributed by atoms with Crippen molar-refractivity contribution in [1.82, 2.24) is 5.32 Å². The number of nitrogens with one attached hydrogen (secondary N) is 1. The zero-order chi connectivity index (χ0) is 13.0. The van der Waals surface area contributed by atoms with Crippen molar-refractivity contribution in [2.75, 3.05) is 13.2 Å². The maximum atomic E-state index is 13.9. The van der Waals surface area contributed by atoms with Crippen molar-refractivity contribution < 1.29 is 9.13 Å². The van der Waals surface area contributed by atoms with Crippen LogP contribution in [0.25, 0.3) is 0 Å². The third-order valence-electron chi connectivity index (χ3n) is 3.33. The molecule has 0 aliphatic heterocycles. The zero-order valence-electron chi connectivity index (χ0n) is 11.2. The molecule has 1 saturated carbocycles. The van der Waals surface area contributed by atoms with Gasteiger partial charge in [0.2, 0.25) is 0 Å². The highest BCUT2D eigenvalue weighted by molar-refractivity contribution is 5.31. The van der Waals surface area contributed by atoms with E-state index in [1.54, 1.807) is 12.1 Å². The van der Waals surface area contributed by atoms with Crippen LogP contribution in [0.4, 0.5) is 4.39 Å². The van der Waals surface area contributed by atoms with Crippen LogP contribution in [-0.4, -0.2) is 13.2 Å². The van der Waals surface area contributed by atoms with Crippen molar-refractivity contribution in [3.05, 3.63) is 29.6 Å². The molecule has 2 nitrogen and oxygen atoms in total. The Bertz CT molecular complexity index is 390. The van der Waals surface area contributed by atoms with Crippen LogP contribution in [0.1, 0.15) is 44.7 Å². The van der Waals surface area contributed by atoms with Crippen LogP contribution in [0.15, 0.2) is 18.2 Å². The minimum Gasteiger partial charge on any atom is -0.490 e. The molecule has 0 bridgehead atoms. The van der Waals surface area contributed by atoms with Gasteiger partial charge >= 0.3 is 0 Å². The van der Waals surface area contributed by atoms with Gasteiger partial charge in [0, 0.05) is 6.04 Å².